The lowest BCUT2D eigenvalue weighted by molar-refractivity contribution is 0.555. The van der Waals surface area contributed by atoms with E-state index in [1.165, 1.54) is 22.3 Å². The lowest BCUT2D eigenvalue weighted by Crippen LogP contribution is -2.17. The van der Waals surface area contributed by atoms with E-state index in [9.17, 15) is 0 Å². The standard InChI is InChI=1S/C35H48NO2P/c1-32(2,3)23-19-26-27-20-24(33(4,5)6)22-29(35(10,11)12)31(27)38-39(36(13)25-17-15-14-16-18-25)37-30(26)28(21-23)34(7,8)9/h14-22H,1-13H3. The molecule has 3 aromatic carbocycles. The van der Waals surface area contributed by atoms with E-state index in [2.05, 4.69) is 143 Å². The highest BCUT2D eigenvalue weighted by atomic mass is 31.1. The van der Waals surface area contributed by atoms with Crippen molar-refractivity contribution in [2.45, 2.75) is 105 Å². The molecule has 0 bridgehead atoms. The maximum absolute atomic E-state index is 7.04. The van der Waals surface area contributed by atoms with Gasteiger partial charge in [0.15, 0.2) is 0 Å². The van der Waals surface area contributed by atoms with Crippen molar-refractivity contribution in [3.63, 3.8) is 0 Å². The van der Waals surface area contributed by atoms with Gasteiger partial charge in [-0.1, -0.05) is 113 Å². The SMILES string of the molecule is CN(c1ccccc1)p1oc2c(C(C)(C)C)cc(C(C)(C)C)cc2c2cc(C(C)(C)C)cc(C(C)(C)C)c2o1. The van der Waals surface area contributed by atoms with Crippen LogP contribution in [0.4, 0.5) is 5.69 Å². The van der Waals surface area contributed by atoms with Gasteiger partial charge in [0, 0.05) is 34.6 Å². The van der Waals surface area contributed by atoms with E-state index in [1.54, 1.807) is 0 Å². The Kier molecular flexibility index (Phi) is 7.35. The highest BCUT2D eigenvalue weighted by Gasteiger charge is 2.29. The Morgan fingerprint density at radius 3 is 1.26 bits per heavy atom. The molecule has 3 nitrogen and oxygen atoms in total. The van der Waals surface area contributed by atoms with Crippen molar-refractivity contribution in [3.05, 3.63) is 76.9 Å². The van der Waals surface area contributed by atoms with E-state index >= 15 is 0 Å². The van der Waals surface area contributed by atoms with Gasteiger partial charge in [0.05, 0.1) is 0 Å². The molecule has 0 aliphatic carbocycles. The van der Waals surface area contributed by atoms with E-state index in [0.29, 0.717) is 0 Å². The molecule has 39 heavy (non-hydrogen) atoms. The first-order chi connectivity index (χ1) is 17.8. The molecule has 1 heterocycles. The number of nitrogens with zero attached hydrogens (tertiary/aromatic N) is 1. The molecule has 0 spiro atoms. The van der Waals surface area contributed by atoms with Crippen LogP contribution in [-0.2, 0) is 21.7 Å². The van der Waals surface area contributed by atoms with Gasteiger partial charge in [-0.15, -0.1) is 0 Å². The molecular weight excluding hydrogens is 497 g/mol. The summed E-state index contributed by atoms with van der Waals surface area (Å²) < 4.78 is 16.2. The van der Waals surface area contributed by atoms with Crippen LogP contribution in [0, 0.1) is 0 Å². The third-order valence-electron chi connectivity index (χ3n) is 7.53. The molecule has 0 amide bonds. The smallest absolute Gasteiger partial charge is 0.341 e. The van der Waals surface area contributed by atoms with Crippen LogP contribution in [0.3, 0.4) is 0 Å². The molecule has 210 valence electrons. The summed E-state index contributed by atoms with van der Waals surface area (Å²) in [5.74, 6) is 0. The highest BCUT2D eigenvalue weighted by Crippen LogP contribution is 2.47. The van der Waals surface area contributed by atoms with Crippen LogP contribution in [0.5, 0.6) is 0 Å². The van der Waals surface area contributed by atoms with Gasteiger partial charge in [-0.3, -0.25) is 4.67 Å². The molecule has 0 N–H and O–H groups in total. The number of hydrogen-bond donors (Lipinski definition) is 0. The van der Waals surface area contributed by atoms with E-state index in [0.717, 1.165) is 27.6 Å². The molecule has 4 heteroatoms. The minimum Gasteiger partial charge on any atom is -0.403 e. The zero-order chi connectivity index (χ0) is 29.1. The highest BCUT2D eigenvalue weighted by molar-refractivity contribution is 7.39. The van der Waals surface area contributed by atoms with Crippen molar-refractivity contribution in [1.29, 1.82) is 0 Å². The average molecular weight is 546 g/mol. The second-order valence-corrected chi connectivity index (χ2v) is 16.5. The van der Waals surface area contributed by atoms with Gasteiger partial charge in [0.2, 0.25) is 0 Å². The van der Waals surface area contributed by atoms with Gasteiger partial charge in [-0.25, -0.2) is 0 Å². The molecular formula is C35H48NO2P. The summed E-state index contributed by atoms with van der Waals surface area (Å²) in [5.41, 5.74) is 7.74. The number of hydrogen-bond acceptors (Lipinski definition) is 3. The fourth-order valence-electron chi connectivity index (χ4n) is 4.87. The number of rotatable bonds is 2. The largest absolute Gasteiger partial charge is 0.403 e. The molecule has 0 unspecified atom stereocenters. The number of anilines is 1. The van der Waals surface area contributed by atoms with Crippen LogP contribution in [0.2, 0.25) is 0 Å². The monoisotopic (exact) mass is 545 g/mol. The Balaban J connectivity index is 2.34. The minimum atomic E-state index is -1.48. The Bertz CT molecular complexity index is 1440. The molecule has 0 atom stereocenters. The van der Waals surface area contributed by atoms with Gasteiger partial charge in [-0.2, -0.15) is 0 Å². The van der Waals surface area contributed by atoms with Crippen molar-refractivity contribution >= 4 is 35.8 Å². The molecule has 1 aromatic heterocycles. The summed E-state index contributed by atoms with van der Waals surface area (Å²) >= 11 is 0. The fraction of sp³-hybridized carbons (Fsp3) is 0.486. The lowest BCUT2D eigenvalue weighted by Gasteiger charge is -2.27. The number of para-hydroxylation sites is 1. The van der Waals surface area contributed by atoms with Gasteiger partial charge in [0.1, 0.15) is 11.2 Å². The number of benzene rings is 3. The molecule has 0 saturated carbocycles. The van der Waals surface area contributed by atoms with Crippen LogP contribution in [0.1, 0.15) is 105 Å². The van der Waals surface area contributed by atoms with Crippen LogP contribution in [0.25, 0.3) is 21.9 Å². The molecule has 0 saturated heterocycles. The van der Waals surface area contributed by atoms with Crippen molar-refractivity contribution < 1.29 is 8.39 Å². The van der Waals surface area contributed by atoms with Crippen LogP contribution < -0.4 is 4.67 Å². The Labute approximate surface area is 237 Å². The second-order valence-electron chi connectivity index (χ2n) is 15.1. The maximum atomic E-state index is 7.04. The van der Waals surface area contributed by atoms with Crippen molar-refractivity contribution in [2.24, 2.45) is 0 Å². The third kappa shape index (κ3) is 5.94. The van der Waals surface area contributed by atoms with Crippen molar-refractivity contribution in [2.75, 3.05) is 11.7 Å². The first kappa shape index (κ1) is 29.3. The molecule has 4 aromatic rings. The predicted molar refractivity (Wildman–Crippen MR) is 171 cm³/mol. The third-order valence-corrected chi connectivity index (χ3v) is 8.93. The van der Waals surface area contributed by atoms with E-state index < -0.39 is 8.16 Å². The molecule has 0 fully saturated rings. The van der Waals surface area contributed by atoms with E-state index in [-0.39, 0.29) is 21.7 Å². The van der Waals surface area contributed by atoms with Gasteiger partial charge in [0.25, 0.3) is 0 Å². The summed E-state index contributed by atoms with van der Waals surface area (Å²) in [7, 11) is 0.598. The average Bonchev–Trinajstić information content (AvgIpc) is 2.97. The molecule has 4 rings (SSSR count). The summed E-state index contributed by atoms with van der Waals surface area (Å²) in [6.45, 7) is 27.4. The quantitative estimate of drug-likeness (QED) is 0.251. The fourth-order valence-corrected chi connectivity index (χ4v) is 6.18. The van der Waals surface area contributed by atoms with Gasteiger partial charge in [-0.05, 0) is 57.1 Å². The Hall–Kier alpha value is -2.64. The van der Waals surface area contributed by atoms with Crippen LogP contribution in [0.15, 0.2) is 63.0 Å². The summed E-state index contributed by atoms with van der Waals surface area (Å²) in [6.07, 6.45) is 0. The van der Waals surface area contributed by atoms with Crippen LogP contribution in [-0.4, -0.2) is 7.05 Å². The first-order valence-corrected chi connectivity index (χ1v) is 15.2. The summed E-state index contributed by atoms with van der Waals surface area (Å²) in [5, 5.41) is 2.26. The Morgan fingerprint density at radius 1 is 0.538 bits per heavy atom. The van der Waals surface area contributed by atoms with Gasteiger partial charge < -0.3 is 8.39 Å². The first-order valence-electron chi connectivity index (χ1n) is 14.1. The predicted octanol–water partition coefficient (Wildman–Crippen LogP) is 11.4. The topological polar surface area (TPSA) is 29.5 Å². The minimum absolute atomic E-state index is 0.0115. The molecule has 0 radical (unpaired) electrons. The lowest BCUT2D eigenvalue weighted by atomic mass is 9.77. The molecule has 0 aliphatic rings. The van der Waals surface area contributed by atoms with Gasteiger partial charge >= 0.3 is 8.16 Å². The van der Waals surface area contributed by atoms with Crippen molar-refractivity contribution in [1.82, 2.24) is 0 Å². The zero-order valence-electron chi connectivity index (χ0n) is 26.4. The summed E-state index contributed by atoms with van der Waals surface area (Å²) in [6, 6.07) is 19.8. The van der Waals surface area contributed by atoms with E-state index in [4.69, 9.17) is 8.39 Å². The Morgan fingerprint density at radius 2 is 0.923 bits per heavy atom. The molecule has 0 aliphatic heterocycles. The normalized spacial score (nSPS) is 13.3. The van der Waals surface area contributed by atoms with Crippen molar-refractivity contribution in [3.8, 4) is 0 Å². The number of fused-ring (bicyclic) bond motifs is 3. The summed E-state index contributed by atoms with van der Waals surface area (Å²) in [4.78, 5) is 0. The zero-order valence-corrected chi connectivity index (χ0v) is 27.3. The second kappa shape index (κ2) is 9.77. The maximum Gasteiger partial charge on any atom is 0.341 e. The van der Waals surface area contributed by atoms with E-state index in [1.807, 2.05) is 6.07 Å². The van der Waals surface area contributed by atoms with Crippen LogP contribution >= 0.6 is 8.16 Å².